The van der Waals surface area contributed by atoms with Crippen LogP contribution in [0.15, 0.2) is 33.5 Å². The van der Waals surface area contributed by atoms with E-state index >= 15 is 0 Å². The zero-order valence-corrected chi connectivity index (χ0v) is 15.7. The number of benzene rings is 1. The van der Waals surface area contributed by atoms with Gasteiger partial charge in [0.05, 0.1) is 33.0 Å². The number of hydrogen-bond acceptors (Lipinski definition) is 6. The fraction of sp³-hybridized carbons (Fsp3) is 0.350. The van der Waals surface area contributed by atoms with Gasteiger partial charge in [-0.3, -0.25) is 0 Å². The van der Waals surface area contributed by atoms with Gasteiger partial charge >= 0.3 is 5.63 Å². The van der Waals surface area contributed by atoms with Gasteiger partial charge < -0.3 is 23.4 Å². The zero-order chi connectivity index (χ0) is 19.1. The summed E-state index contributed by atoms with van der Waals surface area (Å²) >= 11 is 0. The second-order valence-electron chi connectivity index (χ2n) is 5.70. The normalized spacial score (nSPS) is 11.0. The van der Waals surface area contributed by atoms with Gasteiger partial charge in [-0.1, -0.05) is 6.08 Å². The minimum atomic E-state index is -0.467. The van der Waals surface area contributed by atoms with Crippen LogP contribution in [0.4, 0.5) is 0 Å². The molecular formula is C20H24O6. The molecule has 1 heterocycles. The number of rotatable bonds is 8. The standard InChI is InChI=1S/C20H24O6/c1-6-24-18-10-14(9-17(22-4)20(18)23-5)7-8-15-11-16(25-13(2)3)12-19(21)26-15/h7-13H,6H2,1-5H3/b8-7+. The predicted molar refractivity (Wildman–Crippen MR) is 100 cm³/mol. The number of hydrogen-bond donors (Lipinski definition) is 0. The van der Waals surface area contributed by atoms with Gasteiger partial charge in [-0.25, -0.2) is 4.79 Å². The first kappa shape index (κ1) is 19.4. The molecule has 2 aromatic rings. The van der Waals surface area contributed by atoms with Crippen molar-refractivity contribution in [2.75, 3.05) is 20.8 Å². The lowest BCUT2D eigenvalue weighted by Gasteiger charge is -2.14. The van der Waals surface area contributed by atoms with E-state index in [1.54, 1.807) is 32.4 Å². The highest BCUT2D eigenvalue weighted by atomic mass is 16.5. The van der Waals surface area contributed by atoms with E-state index in [4.69, 9.17) is 23.4 Å². The second-order valence-corrected chi connectivity index (χ2v) is 5.70. The van der Waals surface area contributed by atoms with Crippen LogP contribution in [0.2, 0.25) is 0 Å². The molecule has 0 radical (unpaired) electrons. The molecule has 6 heteroatoms. The summed E-state index contributed by atoms with van der Waals surface area (Å²) in [6.45, 7) is 6.17. The van der Waals surface area contributed by atoms with Crippen molar-refractivity contribution >= 4 is 12.2 Å². The molecule has 0 N–H and O–H groups in total. The Morgan fingerprint density at radius 2 is 1.77 bits per heavy atom. The maximum atomic E-state index is 11.7. The smallest absolute Gasteiger partial charge is 0.339 e. The summed E-state index contributed by atoms with van der Waals surface area (Å²) < 4.78 is 27.1. The van der Waals surface area contributed by atoms with Crippen molar-refractivity contribution in [2.45, 2.75) is 26.9 Å². The Hall–Kier alpha value is -2.89. The molecule has 1 aromatic heterocycles. The third-order valence-electron chi connectivity index (χ3n) is 3.34. The van der Waals surface area contributed by atoms with Crippen molar-refractivity contribution in [3.8, 4) is 23.0 Å². The minimum absolute atomic E-state index is 0.0340. The third-order valence-corrected chi connectivity index (χ3v) is 3.34. The van der Waals surface area contributed by atoms with Gasteiger partial charge in [-0.2, -0.15) is 0 Å². The molecule has 1 aromatic carbocycles. The topological polar surface area (TPSA) is 67.1 Å². The average molecular weight is 360 g/mol. The van der Waals surface area contributed by atoms with E-state index in [1.165, 1.54) is 6.07 Å². The zero-order valence-electron chi connectivity index (χ0n) is 15.7. The monoisotopic (exact) mass is 360 g/mol. The fourth-order valence-electron chi connectivity index (χ4n) is 2.38. The van der Waals surface area contributed by atoms with E-state index in [0.717, 1.165) is 5.56 Å². The first-order chi connectivity index (χ1) is 12.5. The van der Waals surface area contributed by atoms with Crippen LogP contribution in [0.3, 0.4) is 0 Å². The quantitative estimate of drug-likeness (QED) is 0.708. The van der Waals surface area contributed by atoms with Gasteiger partial charge in [0.15, 0.2) is 11.5 Å². The molecule has 0 fully saturated rings. The third kappa shape index (κ3) is 5.05. The highest BCUT2D eigenvalue weighted by molar-refractivity contribution is 5.71. The Kier molecular flexibility index (Phi) is 6.72. The van der Waals surface area contributed by atoms with Gasteiger partial charge in [-0.15, -0.1) is 0 Å². The van der Waals surface area contributed by atoms with Gasteiger partial charge in [0.1, 0.15) is 11.5 Å². The molecule has 26 heavy (non-hydrogen) atoms. The Morgan fingerprint density at radius 1 is 1.04 bits per heavy atom. The molecule has 0 unspecified atom stereocenters. The largest absolute Gasteiger partial charge is 0.493 e. The molecule has 0 saturated carbocycles. The van der Waals surface area contributed by atoms with Crippen LogP contribution in [0, 0.1) is 0 Å². The highest BCUT2D eigenvalue weighted by Gasteiger charge is 2.12. The van der Waals surface area contributed by atoms with Gasteiger partial charge in [-0.05, 0) is 44.5 Å². The lowest BCUT2D eigenvalue weighted by molar-refractivity contribution is 0.239. The van der Waals surface area contributed by atoms with Crippen molar-refractivity contribution in [2.24, 2.45) is 0 Å². The van der Waals surface area contributed by atoms with E-state index < -0.39 is 5.63 Å². The first-order valence-corrected chi connectivity index (χ1v) is 8.35. The summed E-state index contributed by atoms with van der Waals surface area (Å²) in [5.41, 5.74) is 0.342. The van der Waals surface area contributed by atoms with Crippen molar-refractivity contribution in [3.05, 3.63) is 46.0 Å². The molecule has 0 aliphatic rings. The van der Waals surface area contributed by atoms with Crippen molar-refractivity contribution in [1.29, 1.82) is 0 Å². The SMILES string of the molecule is CCOc1cc(/C=C/c2cc(OC(C)C)cc(=O)o2)cc(OC)c1OC. The Labute approximate surface area is 153 Å². The van der Waals surface area contributed by atoms with Crippen LogP contribution in [0.1, 0.15) is 32.1 Å². The number of ether oxygens (including phenoxy) is 4. The summed E-state index contributed by atoms with van der Waals surface area (Å²) in [5.74, 6) is 2.52. The molecule has 6 nitrogen and oxygen atoms in total. The minimum Gasteiger partial charge on any atom is -0.493 e. The van der Waals surface area contributed by atoms with Crippen molar-refractivity contribution in [3.63, 3.8) is 0 Å². The molecule has 140 valence electrons. The first-order valence-electron chi connectivity index (χ1n) is 8.35. The fourth-order valence-corrected chi connectivity index (χ4v) is 2.38. The number of methoxy groups -OCH3 is 2. The van der Waals surface area contributed by atoms with E-state index in [9.17, 15) is 4.79 Å². The van der Waals surface area contributed by atoms with Crippen LogP contribution >= 0.6 is 0 Å². The Bertz CT molecular complexity index is 820. The Morgan fingerprint density at radius 3 is 2.38 bits per heavy atom. The summed E-state index contributed by atoms with van der Waals surface area (Å²) in [6, 6.07) is 6.63. The molecular weight excluding hydrogens is 336 g/mol. The molecule has 0 aliphatic carbocycles. The van der Waals surface area contributed by atoms with E-state index in [-0.39, 0.29) is 6.10 Å². The van der Waals surface area contributed by atoms with Crippen LogP contribution in [-0.4, -0.2) is 26.9 Å². The average Bonchev–Trinajstić information content (AvgIpc) is 2.58. The molecule has 2 rings (SSSR count). The lowest BCUT2D eigenvalue weighted by atomic mass is 10.1. The Balaban J connectivity index is 2.37. The van der Waals surface area contributed by atoms with Crippen LogP contribution in [0.25, 0.3) is 12.2 Å². The van der Waals surface area contributed by atoms with Crippen LogP contribution in [0.5, 0.6) is 23.0 Å². The molecule has 0 amide bonds. The maximum absolute atomic E-state index is 11.7. The van der Waals surface area contributed by atoms with E-state index in [0.29, 0.717) is 35.4 Å². The lowest BCUT2D eigenvalue weighted by Crippen LogP contribution is -2.08. The van der Waals surface area contributed by atoms with E-state index in [1.807, 2.05) is 32.9 Å². The molecule has 0 atom stereocenters. The summed E-state index contributed by atoms with van der Waals surface area (Å²) in [5, 5.41) is 0. The molecule has 0 bridgehead atoms. The molecule has 0 aliphatic heterocycles. The van der Waals surface area contributed by atoms with Gasteiger partial charge in [0.2, 0.25) is 5.75 Å². The second kappa shape index (κ2) is 8.99. The van der Waals surface area contributed by atoms with Gasteiger partial charge in [0, 0.05) is 6.07 Å². The summed E-state index contributed by atoms with van der Waals surface area (Å²) in [7, 11) is 3.12. The van der Waals surface area contributed by atoms with Crippen LogP contribution < -0.4 is 24.6 Å². The molecule has 0 saturated heterocycles. The predicted octanol–water partition coefficient (Wildman–Crippen LogP) is 4.01. The van der Waals surface area contributed by atoms with Crippen LogP contribution in [-0.2, 0) is 0 Å². The highest BCUT2D eigenvalue weighted by Crippen LogP contribution is 2.38. The van der Waals surface area contributed by atoms with Crippen molar-refractivity contribution in [1.82, 2.24) is 0 Å². The summed E-state index contributed by atoms with van der Waals surface area (Å²) in [4.78, 5) is 11.7. The van der Waals surface area contributed by atoms with E-state index in [2.05, 4.69) is 0 Å². The maximum Gasteiger partial charge on any atom is 0.339 e. The van der Waals surface area contributed by atoms with Crippen molar-refractivity contribution < 1.29 is 23.4 Å². The molecule has 0 spiro atoms. The van der Waals surface area contributed by atoms with Gasteiger partial charge in [0.25, 0.3) is 0 Å². The summed E-state index contributed by atoms with van der Waals surface area (Å²) in [6.07, 6.45) is 3.45.